The van der Waals surface area contributed by atoms with Gasteiger partial charge in [-0.25, -0.2) is 9.78 Å². The monoisotopic (exact) mass is 308 g/mol. The third-order valence-corrected chi connectivity index (χ3v) is 4.58. The Bertz CT molecular complexity index is 626. The maximum atomic E-state index is 12.8. The Kier molecular flexibility index (Phi) is 3.54. The van der Waals surface area contributed by atoms with E-state index >= 15 is 0 Å². The molecule has 1 atom stereocenters. The lowest BCUT2D eigenvalue weighted by Gasteiger charge is -2.11. The van der Waals surface area contributed by atoms with E-state index in [1.807, 2.05) is 0 Å². The predicted octanol–water partition coefficient (Wildman–Crippen LogP) is 0.334. The molecule has 2 rings (SSSR count). The van der Waals surface area contributed by atoms with Gasteiger partial charge in [0.2, 0.25) is 5.91 Å². The van der Waals surface area contributed by atoms with Crippen LogP contribution in [0.4, 0.5) is 9.02 Å². The molecule has 0 N–H and O–H groups in total. The molecule has 2 heterocycles. The summed E-state index contributed by atoms with van der Waals surface area (Å²) in [4.78, 5) is 27.8. The molecule has 19 heavy (non-hydrogen) atoms. The van der Waals surface area contributed by atoms with Gasteiger partial charge >= 0.3 is 16.2 Å². The van der Waals surface area contributed by atoms with Crippen LogP contribution in [0.15, 0.2) is 5.38 Å². The SMILES string of the molecule is COC(=O)c1csc(N2CC(S(=O)(=O)F)CC2=O)n1. The number of rotatable bonds is 3. The summed E-state index contributed by atoms with van der Waals surface area (Å²) in [5, 5.41) is 0.146. The largest absolute Gasteiger partial charge is 0.464 e. The van der Waals surface area contributed by atoms with Crippen LogP contribution in [0.1, 0.15) is 16.9 Å². The van der Waals surface area contributed by atoms with Gasteiger partial charge in [-0.1, -0.05) is 0 Å². The average Bonchev–Trinajstić information content (AvgIpc) is 2.93. The fraction of sp³-hybridized carbons (Fsp3) is 0.444. The Morgan fingerprint density at radius 1 is 1.63 bits per heavy atom. The zero-order valence-corrected chi connectivity index (χ0v) is 11.3. The van der Waals surface area contributed by atoms with Gasteiger partial charge in [0.1, 0.15) is 5.25 Å². The zero-order chi connectivity index (χ0) is 14.2. The highest BCUT2D eigenvalue weighted by molar-refractivity contribution is 7.87. The van der Waals surface area contributed by atoms with Crippen LogP contribution >= 0.6 is 11.3 Å². The van der Waals surface area contributed by atoms with Gasteiger partial charge < -0.3 is 4.74 Å². The molecule has 1 amide bonds. The maximum Gasteiger partial charge on any atom is 0.357 e. The first-order valence-corrected chi connectivity index (χ1v) is 7.43. The second kappa shape index (κ2) is 4.85. The molecule has 1 fully saturated rings. The number of thiazole rings is 1. The Hall–Kier alpha value is -1.55. The van der Waals surface area contributed by atoms with Gasteiger partial charge in [0.25, 0.3) is 0 Å². The number of esters is 1. The van der Waals surface area contributed by atoms with E-state index in [9.17, 15) is 21.9 Å². The van der Waals surface area contributed by atoms with Crippen molar-refractivity contribution in [2.24, 2.45) is 0 Å². The first-order valence-electron chi connectivity index (χ1n) is 5.10. The quantitative estimate of drug-likeness (QED) is 0.590. The summed E-state index contributed by atoms with van der Waals surface area (Å²) in [6.45, 7) is -0.300. The molecule has 0 bridgehead atoms. The Labute approximate surface area is 112 Å². The lowest BCUT2D eigenvalue weighted by molar-refractivity contribution is -0.117. The van der Waals surface area contributed by atoms with Crippen molar-refractivity contribution in [1.29, 1.82) is 0 Å². The van der Waals surface area contributed by atoms with E-state index in [4.69, 9.17) is 0 Å². The van der Waals surface area contributed by atoms with Crippen LogP contribution in [0.25, 0.3) is 0 Å². The number of halogens is 1. The minimum atomic E-state index is -4.77. The van der Waals surface area contributed by atoms with Gasteiger partial charge in [0, 0.05) is 18.3 Å². The van der Waals surface area contributed by atoms with Crippen LogP contribution in [0, 0.1) is 0 Å². The molecule has 0 aromatic carbocycles. The molecule has 10 heteroatoms. The van der Waals surface area contributed by atoms with Gasteiger partial charge in [-0.2, -0.15) is 8.42 Å². The van der Waals surface area contributed by atoms with Gasteiger partial charge in [0.15, 0.2) is 10.8 Å². The van der Waals surface area contributed by atoms with Gasteiger partial charge in [-0.3, -0.25) is 9.69 Å². The molecular weight excluding hydrogens is 299 g/mol. The fourth-order valence-electron chi connectivity index (χ4n) is 1.63. The number of anilines is 1. The predicted molar refractivity (Wildman–Crippen MR) is 64.2 cm³/mol. The molecule has 1 aromatic heterocycles. The third-order valence-electron chi connectivity index (χ3n) is 2.61. The minimum absolute atomic E-state index is 0.0156. The van der Waals surface area contributed by atoms with E-state index in [0.29, 0.717) is 0 Å². The lowest BCUT2D eigenvalue weighted by atomic mass is 10.4. The number of methoxy groups -OCH3 is 1. The van der Waals surface area contributed by atoms with Crippen molar-refractivity contribution in [2.45, 2.75) is 11.7 Å². The molecule has 1 aromatic rings. The summed E-state index contributed by atoms with van der Waals surface area (Å²) in [6.07, 6.45) is -0.425. The number of carbonyl (C=O) groups excluding carboxylic acids is 2. The average molecular weight is 308 g/mol. The first-order chi connectivity index (χ1) is 8.82. The molecule has 0 spiro atoms. The number of amides is 1. The van der Waals surface area contributed by atoms with Gasteiger partial charge in [0.05, 0.1) is 7.11 Å². The molecule has 0 saturated carbocycles. The molecule has 7 nitrogen and oxygen atoms in total. The van der Waals surface area contributed by atoms with E-state index in [2.05, 4.69) is 9.72 Å². The fourth-order valence-corrected chi connectivity index (χ4v) is 3.12. The summed E-state index contributed by atoms with van der Waals surface area (Å²) < 4.78 is 38.9. The summed E-state index contributed by atoms with van der Waals surface area (Å²) in [5.74, 6) is -1.21. The van der Waals surface area contributed by atoms with Crippen molar-refractivity contribution in [1.82, 2.24) is 4.98 Å². The highest BCUT2D eigenvalue weighted by Crippen LogP contribution is 2.28. The van der Waals surface area contributed by atoms with Gasteiger partial charge in [-0.05, 0) is 0 Å². The second-order valence-corrected chi connectivity index (χ2v) is 6.27. The third kappa shape index (κ3) is 2.73. The number of hydrogen-bond donors (Lipinski definition) is 0. The summed E-state index contributed by atoms with van der Waals surface area (Å²) in [7, 11) is -3.58. The maximum absolute atomic E-state index is 12.8. The van der Waals surface area contributed by atoms with Crippen LogP contribution in [-0.4, -0.2) is 44.2 Å². The van der Waals surface area contributed by atoms with E-state index < -0.39 is 33.8 Å². The van der Waals surface area contributed by atoms with Crippen LogP contribution < -0.4 is 4.90 Å². The number of ether oxygens (including phenoxy) is 1. The van der Waals surface area contributed by atoms with E-state index in [-0.39, 0.29) is 17.4 Å². The summed E-state index contributed by atoms with van der Waals surface area (Å²) in [5.41, 5.74) is 0.0156. The highest BCUT2D eigenvalue weighted by Gasteiger charge is 2.40. The molecule has 104 valence electrons. The number of aromatic nitrogens is 1. The molecule has 1 unspecified atom stereocenters. The van der Waals surface area contributed by atoms with Crippen LogP contribution in [0.5, 0.6) is 0 Å². The van der Waals surface area contributed by atoms with Crippen LogP contribution in [-0.2, 0) is 19.8 Å². The molecule has 0 aliphatic carbocycles. The van der Waals surface area contributed by atoms with Crippen LogP contribution in [0.3, 0.4) is 0 Å². The Balaban J connectivity index is 2.21. The second-order valence-electron chi connectivity index (χ2n) is 3.81. The van der Waals surface area contributed by atoms with Crippen molar-refractivity contribution in [3.63, 3.8) is 0 Å². The number of nitrogens with zero attached hydrogens (tertiary/aromatic N) is 2. The molecule has 1 aliphatic heterocycles. The van der Waals surface area contributed by atoms with Crippen molar-refractivity contribution < 1.29 is 26.6 Å². The van der Waals surface area contributed by atoms with E-state index in [1.54, 1.807) is 0 Å². The van der Waals surface area contributed by atoms with Crippen molar-refractivity contribution in [3.8, 4) is 0 Å². The van der Waals surface area contributed by atoms with E-state index in [0.717, 1.165) is 16.2 Å². The van der Waals surface area contributed by atoms with Crippen molar-refractivity contribution in [3.05, 3.63) is 11.1 Å². The molecule has 0 radical (unpaired) electrons. The lowest BCUT2D eigenvalue weighted by Crippen LogP contribution is -2.26. The normalized spacial score (nSPS) is 19.8. The Morgan fingerprint density at radius 3 is 2.84 bits per heavy atom. The highest BCUT2D eigenvalue weighted by atomic mass is 32.3. The molecule has 1 aliphatic rings. The minimum Gasteiger partial charge on any atom is -0.464 e. The summed E-state index contributed by atoms with van der Waals surface area (Å²) >= 11 is 0.983. The zero-order valence-electron chi connectivity index (χ0n) is 9.70. The number of carbonyl (C=O) groups is 2. The van der Waals surface area contributed by atoms with Crippen molar-refractivity contribution >= 4 is 38.6 Å². The topological polar surface area (TPSA) is 93.6 Å². The van der Waals surface area contributed by atoms with Crippen LogP contribution in [0.2, 0.25) is 0 Å². The standard InChI is InChI=1S/C9H9FN2O5S2/c1-17-8(14)6-4-18-9(11-6)12-3-5(2-7(12)13)19(10,15)16/h4-5H,2-3H2,1H3. The Morgan fingerprint density at radius 2 is 2.32 bits per heavy atom. The summed E-state index contributed by atoms with van der Waals surface area (Å²) in [6, 6.07) is 0. The molecular formula is C9H9FN2O5S2. The van der Waals surface area contributed by atoms with Gasteiger partial charge in [-0.15, -0.1) is 15.2 Å². The van der Waals surface area contributed by atoms with Crippen molar-refractivity contribution in [2.75, 3.05) is 18.6 Å². The van der Waals surface area contributed by atoms with E-state index in [1.165, 1.54) is 12.5 Å². The smallest absolute Gasteiger partial charge is 0.357 e. The molecule has 1 saturated heterocycles. The number of hydrogen-bond acceptors (Lipinski definition) is 7. The first kappa shape index (κ1) is 13.9.